The van der Waals surface area contributed by atoms with E-state index in [1.54, 1.807) is 0 Å². The van der Waals surface area contributed by atoms with Crippen LogP contribution < -0.4 is 21.2 Å². The summed E-state index contributed by atoms with van der Waals surface area (Å²) >= 11 is 0. The van der Waals surface area contributed by atoms with Crippen molar-refractivity contribution < 1.29 is 0 Å². The van der Waals surface area contributed by atoms with E-state index in [1.807, 2.05) is 0 Å². The van der Waals surface area contributed by atoms with E-state index in [2.05, 4.69) is 118 Å². The van der Waals surface area contributed by atoms with E-state index in [0.29, 0.717) is 0 Å². The smallest absolute Gasteiger partial charge is 0.00795 e. The lowest BCUT2D eigenvalue weighted by atomic mass is 10.1. The third kappa shape index (κ3) is 3.24. The van der Waals surface area contributed by atoms with Gasteiger partial charge in [0.15, 0.2) is 0 Å². The molecule has 0 spiro atoms. The molecular weight excluding hydrogens is 374 g/mol. The van der Waals surface area contributed by atoms with Crippen molar-refractivity contribution in [2.24, 2.45) is 0 Å². The molecule has 1 unspecified atom stereocenters. The Labute approximate surface area is 169 Å². The summed E-state index contributed by atoms with van der Waals surface area (Å²) in [6.45, 7) is 0. The van der Waals surface area contributed by atoms with Crippen molar-refractivity contribution >= 4 is 59.9 Å². The second kappa shape index (κ2) is 7.48. The fourth-order valence-electron chi connectivity index (χ4n) is 3.75. The van der Waals surface area contributed by atoms with Crippen LogP contribution in [-0.4, -0.2) is 0 Å². The van der Waals surface area contributed by atoms with Crippen molar-refractivity contribution in [3.8, 4) is 0 Å². The van der Waals surface area contributed by atoms with Gasteiger partial charge in [-0.05, 0) is 62.8 Å². The Kier molecular flexibility index (Phi) is 4.69. The van der Waals surface area contributed by atoms with Gasteiger partial charge in [-0.25, -0.2) is 0 Å². The first-order valence-corrected chi connectivity index (χ1v) is 11.3. The molecule has 2 heteroatoms. The van der Waals surface area contributed by atoms with Gasteiger partial charge in [0, 0.05) is 0 Å². The van der Waals surface area contributed by atoms with Gasteiger partial charge in [-0.15, -0.1) is 9.24 Å². The molecule has 0 heterocycles. The molecule has 5 aromatic carbocycles. The highest BCUT2D eigenvalue weighted by molar-refractivity contribution is 7.80. The highest BCUT2D eigenvalue weighted by Crippen LogP contribution is 2.34. The Morgan fingerprint density at radius 2 is 0.929 bits per heavy atom. The molecule has 0 aromatic heterocycles. The third-order valence-corrected chi connectivity index (χ3v) is 8.38. The van der Waals surface area contributed by atoms with Crippen molar-refractivity contribution in [2.75, 3.05) is 0 Å². The molecular formula is C26H20P2. The van der Waals surface area contributed by atoms with E-state index in [1.165, 1.54) is 42.8 Å². The van der Waals surface area contributed by atoms with Crippen molar-refractivity contribution in [1.29, 1.82) is 0 Å². The molecule has 0 nitrogen and oxygen atoms in total. The highest BCUT2D eigenvalue weighted by Gasteiger charge is 2.19. The minimum absolute atomic E-state index is 0.634. The van der Waals surface area contributed by atoms with Gasteiger partial charge in [-0.2, -0.15) is 0 Å². The van der Waals surface area contributed by atoms with Gasteiger partial charge < -0.3 is 0 Å². The summed E-state index contributed by atoms with van der Waals surface area (Å²) in [5.41, 5.74) is 0. The zero-order chi connectivity index (χ0) is 18.9. The maximum atomic E-state index is 2.93. The largest absolute Gasteiger partial charge is 0.105 e. The van der Waals surface area contributed by atoms with Crippen molar-refractivity contribution in [2.45, 2.75) is 0 Å². The van der Waals surface area contributed by atoms with Crippen molar-refractivity contribution in [3.63, 3.8) is 0 Å². The van der Waals surface area contributed by atoms with Gasteiger partial charge in [-0.1, -0.05) is 97.1 Å². The summed E-state index contributed by atoms with van der Waals surface area (Å²) in [7, 11) is 2.30. The number of hydrogen-bond acceptors (Lipinski definition) is 0. The molecule has 0 radical (unpaired) electrons. The lowest BCUT2D eigenvalue weighted by Crippen LogP contribution is -2.27. The van der Waals surface area contributed by atoms with Crippen LogP contribution in [0.25, 0.3) is 21.5 Å². The Balaban J connectivity index is 1.75. The SMILES string of the molecule is Pc1ccccc1P(c1ccc2ccccc2c1)c1ccc2ccccc2c1. The summed E-state index contributed by atoms with van der Waals surface area (Å²) in [6.07, 6.45) is 0. The van der Waals surface area contributed by atoms with Crippen LogP contribution in [0.3, 0.4) is 0 Å². The average Bonchev–Trinajstić information content (AvgIpc) is 2.75. The van der Waals surface area contributed by atoms with E-state index < -0.39 is 7.92 Å². The first-order valence-electron chi connectivity index (χ1n) is 9.42. The van der Waals surface area contributed by atoms with Gasteiger partial charge in [0.05, 0.1) is 0 Å². The van der Waals surface area contributed by atoms with Crippen LogP contribution in [0.5, 0.6) is 0 Å². The Hall–Kier alpha value is -2.52. The topological polar surface area (TPSA) is 0 Å². The van der Waals surface area contributed by atoms with Crippen LogP contribution in [0.4, 0.5) is 0 Å². The maximum absolute atomic E-state index is 2.93. The predicted molar refractivity (Wildman–Crippen MR) is 130 cm³/mol. The quantitative estimate of drug-likeness (QED) is 0.367. The molecule has 5 aromatic rings. The van der Waals surface area contributed by atoms with Crippen molar-refractivity contribution in [1.82, 2.24) is 0 Å². The molecule has 0 saturated carbocycles. The fourth-order valence-corrected chi connectivity index (χ4v) is 6.75. The second-order valence-electron chi connectivity index (χ2n) is 6.96. The van der Waals surface area contributed by atoms with Crippen molar-refractivity contribution in [3.05, 3.63) is 109 Å². The standard InChI is InChI=1S/C26H20P2/c27-25-11-5-6-12-26(25)28(23-15-13-19-7-1-3-9-21(19)17-23)24-16-14-20-8-2-4-10-22(20)18-24/h1-18H,27H2. The molecule has 5 rings (SSSR count). The lowest BCUT2D eigenvalue weighted by Gasteiger charge is -2.22. The van der Waals surface area contributed by atoms with Crippen LogP contribution in [-0.2, 0) is 0 Å². The van der Waals surface area contributed by atoms with Gasteiger partial charge in [0.1, 0.15) is 0 Å². The zero-order valence-electron chi connectivity index (χ0n) is 15.4. The number of fused-ring (bicyclic) bond motifs is 2. The average molecular weight is 394 g/mol. The molecule has 0 aliphatic carbocycles. The monoisotopic (exact) mass is 394 g/mol. The van der Waals surface area contributed by atoms with Gasteiger partial charge >= 0.3 is 0 Å². The van der Waals surface area contributed by atoms with Crippen LogP contribution in [0.2, 0.25) is 0 Å². The molecule has 134 valence electrons. The van der Waals surface area contributed by atoms with E-state index >= 15 is 0 Å². The normalized spacial score (nSPS) is 11.4. The van der Waals surface area contributed by atoms with E-state index in [4.69, 9.17) is 0 Å². The zero-order valence-corrected chi connectivity index (χ0v) is 17.5. The Morgan fingerprint density at radius 1 is 0.464 bits per heavy atom. The predicted octanol–water partition coefficient (Wildman–Crippen LogP) is 5.25. The van der Waals surface area contributed by atoms with E-state index in [9.17, 15) is 0 Å². The Morgan fingerprint density at radius 3 is 1.46 bits per heavy atom. The van der Waals surface area contributed by atoms with Crippen LogP contribution in [0.1, 0.15) is 0 Å². The van der Waals surface area contributed by atoms with Gasteiger partial charge in [-0.3, -0.25) is 0 Å². The minimum atomic E-state index is -0.634. The van der Waals surface area contributed by atoms with Gasteiger partial charge in [0.25, 0.3) is 0 Å². The molecule has 0 aliphatic rings. The molecule has 0 aliphatic heterocycles. The summed E-state index contributed by atoms with van der Waals surface area (Å²) in [5.74, 6) is 0. The lowest BCUT2D eigenvalue weighted by molar-refractivity contribution is 1.77. The summed E-state index contributed by atoms with van der Waals surface area (Å²) in [4.78, 5) is 0. The first-order chi connectivity index (χ1) is 13.8. The number of benzene rings is 5. The maximum Gasteiger partial charge on any atom is -0.00795 e. The molecule has 1 atom stereocenters. The Bertz CT molecular complexity index is 1210. The fraction of sp³-hybridized carbons (Fsp3) is 0. The second-order valence-corrected chi connectivity index (χ2v) is 9.76. The molecule has 0 N–H and O–H groups in total. The molecule has 0 fully saturated rings. The van der Waals surface area contributed by atoms with Crippen LogP contribution in [0, 0.1) is 0 Å². The molecule has 0 bridgehead atoms. The number of rotatable bonds is 3. The highest BCUT2D eigenvalue weighted by atomic mass is 31.1. The summed E-state index contributed by atoms with van der Waals surface area (Å²) < 4.78 is 0. The summed E-state index contributed by atoms with van der Waals surface area (Å²) in [5, 5.41) is 10.6. The molecule has 0 saturated heterocycles. The summed E-state index contributed by atoms with van der Waals surface area (Å²) in [6, 6.07) is 39.8. The molecule has 28 heavy (non-hydrogen) atoms. The first kappa shape index (κ1) is 17.6. The van der Waals surface area contributed by atoms with E-state index in [-0.39, 0.29) is 0 Å². The van der Waals surface area contributed by atoms with Gasteiger partial charge in [0.2, 0.25) is 0 Å². The van der Waals surface area contributed by atoms with Crippen LogP contribution >= 0.6 is 17.2 Å². The minimum Gasteiger partial charge on any atom is -0.105 e. The van der Waals surface area contributed by atoms with E-state index in [0.717, 1.165) is 0 Å². The number of hydrogen-bond donors (Lipinski definition) is 0. The third-order valence-electron chi connectivity index (χ3n) is 5.16. The van der Waals surface area contributed by atoms with Crippen LogP contribution in [0.15, 0.2) is 109 Å². The molecule has 0 amide bonds.